The highest BCUT2D eigenvalue weighted by atomic mass is 79.9. The van der Waals surface area contributed by atoms with Gasteiger partial charge in [-0.05, 0) is 64.2 Å². The van der Waals surface area contributed by atoms with E-state index in [0.29, 0.717) is 10.9 Å². The predicted molar refractivity (Wildman–Crippen MR) is 95.3 cm³/mol. The Morgan fingerprint density at radius 2 is 1.81 bits per heavy atom. The average molecular weight is 364 g/mol. The molecule has 0 aliphatic rings. The minimum atomic E-state index is 0.367. The molecule has 0 saturated heterocycles. The Morgan fingerprint density at radius 3 is 2.33 bits per heavy atom. The summed E-state index contributed by atoms with van der Waals surface area (Å²) >= 11 is 8.43. The zero-order valence-corrected chi connectivity index (χ0v) is 14.5. The van der Waals surface area contributed by atoms with Crippen LogP contribution in [0.4, 0.5) is 0 Å². The molecule has 0 bridgehead atoms. The molecule has 2 rings (SSSR count). The van der Waals surface area contributed by atoms with E-state index in [-0.39, 0.29) is 0 Å². The monoisotopic (exact) mass is 363 g/mol. The maximum atomic E-state index is 5.85. The van der Waals surface area contributed by atoms with E-state index in [1.807, 2.05) is 30.3 Å². The van der Waals surface area contributed by atoms with Crippen molar-refractivity contribution in [3.8, 4) is 11.5 Å². The molecule has 2 nitrogen and oxygen atoms in total. The molecule has 110 valence electrons. The average Bonchev–Trinajstić information content (AvgIpc) is 2.47. The largest absolute Gasteiger partial charge is 0.457 e. The van der Waals surface area contributed by atoms with Crippen molar-refractivity contribution < 1.29 is 4.74 Å². The quantitative estimate of drug-likeness (QED) is 0.723. The summed E-state index contributed by atoms with van der Waals surface area (Å²) < 4.78 is 6.68. The molecule has 0 amide bonds. The molecule has 2 aromatic rings. The molecular formula is C17H18BrNOS. The highest BCUT2D eigenvalue weighted by Gasteiger charge is 2.06. The summed E-state index contributed by atoms with van der Waals surface area (Å²) in [7, 11) is 0. The van der Waals surface area contributed by atoms with Crippen LogP contribution in [0.15, 0.2) is 46.9 Å². The van der Waals surface area contributed by atoms with Gasteiger partial charge in [0, 0.05) is 10.0 Å². The summed E-state index contributed by atoms with van der Waals surface area (Å²) in [5.74, 6) is 2.13. The summed E-state index contributed by atoms with van der Waals surface area (Å²) in [4.78, 5) is 0.367. The van der Waals surface area contributed by atoms with Crippen molar-refractivity contribution in [1.82, 2.24) is 0 Å². The number of rotatable bonds is 5. The van der Waals surface area contributed by atoms with Gasteiger partial charge in [-0.2, -0.15) is 0 Å². The minimum Gasteiger partial charge on any atom is -0.457 e. The summed E-state index contributed by atoms with van der Waals surface area (Å²) in [5.41, 5.74) is 7.77. The summed E-state index contributed by atoms with van der Waals surface area (Å²) in [6.45, 7) is 4.41. The number of ether oxygens (including phenoxy) is 1. The normalized spacial score (nSPS) is 12.0. The van der Waals surface area contributed by atoms with Gasteiger partial charge in [-0.3, -0.25) is 0 Å². The molecule has 0 aliphatic carbocycles. The number of benzene rings is 2. The van der Waals surface area contributed by atoms with Crippen LogP contribution >= 0.6 is 28.1 Å². The fourth-order valence-corrected chi connectivity index (χ4v) is 2.88. The van der Waals surface area contributed by atoms with Gasteiger partial charge in [0.15, 0.2) is 0 Å². The first-order valence-corrected chi connectivity index (χ1v) is 8.08. The third kappa shape index (κ3) is 4.05. The standard InChI is InChI=1S/C17H18BrNOS/c1-3-11(2)12-4-6-13(7-5-12)20-14-8-9-15(17(19)21)16(18)10-14/h4-11H,3H2,1-2H3,(H2,19,21). The Bertz CT molecular complexity index is 640. The molecule has 2 aromatic carbocycles. The number of thiocarbonyl (C=S) groups is 1. The van der Waals surface area contributed by atoms with E-state index in [1.165, 1.54) is 5.56 Å². The smallest absolute Gasteiger partial charge is 0.128 e. The molecule has 1 atom stereocenters. The fourth-order valence-electron chi connectivity index (χ4n) is 2.00. The molecule has 0 aliphatic heterocycles. The van der Waals surface area contributed by atoms with Crippen LogP contribution in [0.3, 0.4) is 0 Å². The third-order valence-corrected chi connectivity index (χ3v) is 4.38. The van der Waals surface area contributed by atoms with Crippen molar-refractivity contribution in [3.63, 3.8) is 0 Å². The van der Waals surface area contributed by atoms with Crippen molar-refractivity contribution in [2.24, 2.45) is 5.73 Å². The second-order valence-corrected chi connectivity index (χ2v) is 6.28. The number of hydrogen-bond acceptors (Lipinski definition) is 2. The van der Waals surface area contributed by atoms with E-state index in [1.54, 1.807) is 0 Å². The molecule has 0 heterocycles. The fraction of sp³-hybridized carbons (Fsp3) is 0.235. The molecule has 4 heteroatoms. The van der Waals surface area contributed by atoms with Gasteiger partial charge in [-0.15, -0.1) is 0 Å². The first-order chi connectivity index (χ1) is 10.0. The van der Waals surface area contributed by atoms with Gasteiger partial charge in [0.05, 0.1) is 0 Å². The van der Waals surface area contributed by atoms with E-state index >= 15 is 0 Å². The van der Waals surface area contributed by atoms with Crippen molar-refractivity contribution >= 4 is 33.1 Å². The lowest BCUT2D eigenvalue weighted by molar-refractivity contribution is 0.482. The van der Waals surface area contributed by atoms with Gasteiger partial charge < -0.3 is 10.5 Å². The van der Waals surface area contributed by atoms with Gasteiger partial charge in [-0.1, -0.05) is 38.2 Å². The van der Waals surface area contributed by atoms with Crippen LogP contribution < -0.4 is 10.5 Å². The van der Waals surface area contributed by atoms with Gasteiger partial charge in [-0.25, -0.2) is 0 Å². The summed E-state index contributed by atoms with van der Waals surface area (Å²) in [6, 6.07) is 13.8. The summed E-state index contributed by atoms with van der Waals surface area (Å²) in [5, 5.41) is 0. The lowest BCUT2D eigenvalue weighted by Crippen LogP contribution is -2.09. The molecule has 0 spiro atoms. The molecule has 2 N–H and O–H groups in total. The van der Waals surface area contributed by atoms with Crippen molar-refractivity contribution in [2.45, 2.75) is 26.2 Å². The van der Waals surface area contributed by atoms with E-state index in [0.717, 1.165) is 28.0 Å². The summed E-state index contributed by atoms with van der Waals surface area (Å²) in [6.07, 6.45) is 1.13. The Morgan fingerprint density at radius 1 is 1.19 bits per heavy atom. The Kier molecular flexibility index (Phi) is 5.37. The lowest BCUT2D eigenvalue weighted by Gasteiger charge is -2.11. The zero-order chi connectivity index (χ0) is 15.4. The molecule has 0 fully saturated rings. The van der Waals surface area contributed by atoms with Crippen LogP contribution in [0.2, 0.25) is 0 Å². The van der Waals surface area contributed by atoms with Crippen LogP contribution in [-0.4, -0.2) is 4.99 Å². The highest BCUT2D eigenvalue weighted by Crippen LogP contribution is 2.28. The number of hydrogen-bond donors (Lipinski definition) is 1. The second-order valence-electron chi connectivity index (χ2n) is 4.99. The van der Waals surface area contributed by atoms with Gasteiger partial charge in [0.25, 0.3) is 0 Å². The number of nitrogens with two attached hydrogens (primary N) is 1. The van der Waals surface area contributed by atoms with E-state index in [9.17, 15) is 0 Å². The first-order valence-electron chi connectivity index (χ1n) is 6.88. The van der Waals surface area contributed by atoms with Crippen molar-refractivity contribution in [3.05, 3.63) is 58.1 Å². The van der Waals surface area contributed by atoms with Crippen molar-refractivity contribution in [2.75, 3.05) is 0 Å². The van der Waals surface area contributed by atoms with Crippen LogP contribution in [0.25, 0.3) is 0 Å². The molecule has 1 unspecified atom stereocenters. The maximum Gasteiger partial charge on any atom is 0.128 e. The Hall–Kier alpha value is -1.39. The van der Waals surface area contributed by atoms with Crippen LogP contribution in [0.5, 0.6) is 11.5 Å². The Labute approximate surface area is 139 Å². The molecule has 0 aromatic heterocycles. The minimum absolute atomic E-state index is 0.367. The van der Waals surface area contributed by atoms with E-state index in [2.05, 4.69) is 41.9 Å². The topological polar surface area (TPSA) is 35.2 Å². The molecule has 0 saturated carbocycles. The van der Waals surface area contributed by atoms with Crippen LogP contribution in [-0.2, 0) is 0 Å². The van der Waals surface area contributed by atoms with Gasteiger partial charge in [0.2, 0.25) is 0 Å². The highest BCUT2D eigenvalue weighted by molar-refractivity contribution is 9.10. The van der Waals surface area contributed by atoms with Crippen molar-refractivity contribution in [1.29, 1.82) is 0 Å². The van der Waals surface area contributed by atoms with Crippen LogP contribution in [0.1, 0.15) is 37.3 Å². The SMILES string of the molecule is CCC(C)c1ccc(Oc2ccc(C(N)=S)c(Br)c2)cc1. The Balaban J connectivity index is 2.15. The molecule has 0 radical (unpaired) electrons. The van der Waals surface area contributed by atoms with E-state index < -0.39 is 0 Å². The maximum absolute atomic E-state index is 5.85. The predicted octanol–water partition coefficient (Wildman–Crippen LogP) is 5.39. The zero-order valence-electron chi connectivity index (χ0n) is 12.1. The molecule has 21 heavy (non-hydrogen) atoms. The first kappa shape index (κ1) is 16.0. The van der Waals surface area contributed by atoms with E-state index in [4.69, 9.17) is 22.7 Å². The molecular weight excluding hydrogens is 346 g/mol. The number of halogens is 1. The van der Waals surface area contributed by atoms with Gasteiger partial charge in [0.1, 0.15) is 16.5 Å². The van der Waals surface area contributed by atoms with Gasteiger partial charge >= 0.3 is 0 Å². The second kappa shape index (κ2) is 7.05. The van der Waals surface area contributed by atoms with Crippen LogP contribution in [0, 0.1) is 0 Å². The third-order valence-electron chi connectivity index (χ3n) is 3.50. The lowest BCUT2D eigenvalue weighted by atomic mass is 9.99.